The molecule has 9 aliphatic rings. The lowest BCUT2D eigenvalue weighted by atomic mass is 9.86. The molecule has 0 amide bonds. The van der Waals surface area contributed by atoms with Crippen LogP contribution in [0.15, 0.2) is 60.7 Å². The predicted octanol–water partition coefficient (Wildman–Crippen LogP) is 7.82. The van der Waals surface area contributed by atoms with Gasteiger partial charge in [0.25, 0.3) is 0 Å². The van der Waals surface area contributed by atoms with Gasteiger partial charge >= 0.3 is 0 Å². The van der Waals surface area contributed by atoms with Gasteiger partial charge in [-0.3, -0.25) is 19.6 Å². The van der Waals surface area contributed by atoms with Gasteiger partial charge in [0, 0.05) is 83.9 Å². The maximum absolute atomic E-state index is 5.89. The van der Waals surface area contributed by atoms with E-state index in [1.807, 2.05) is 6.92 Å². The van der Waals surface area contributed by atoms with Gasteiger partial charge < -0.3 is 19.8 Å². The molecule has 6 saturated heterocycles. The molecule has 9 heteroatoms. The molecule has 3 unspecified atom stereocenters. The van der Waals surface area contributed by atoms with E-state index in [0.717, 1.165) is 44.6 Å². The van der Waals surface area contributed by atoms with E-state index in [1.165, 1.54) is 154 Å². The second kappa shape index (κ2) is 18.8. The quantitative estimate of drug-likeness (QED) is 0.186. The number of nitrogens with one attached hydrogen (secondary N) is 2. The highest BCUT2D eigenvalue weighted by molar-refractivity contribution is 6.69. The van der Waals surface area contributed by atoms with Crippen molar-refractivity contribution < 1.29 is 9.16 Å². The average Bonchev–Trinajstić information content (AvgIpc) is 4.13. The molecule has 6 heterocycles. The van der Waals surface area contributed by atoms with Crippen LogP contribution in [-0.4, -0.2) is 131 Å². The van der Waals surface area contributed by atoms with Gasteiger partial charge in [-0.15, -0.1) is 0 Å². The summed E-state index contributed by atoms with van der Waals surface area (Å²) in [5.41, 5.74) is 4.86. The highest BCUT2D eigenvalue weighted by atomic mass is 28.4. The van der Waals surface area contributed by atoms with Gasteiger partial charge in [-0.2, -0.15) is 0 Å². The zero-order chi connectivity index (χ0) is 40.1. The van der Waals surface area contributed by atoms with Crippen molar-refractivity contribution >= 4 is 8.32 Å². The van der Waals surface area contributed by atoms with Crippen LogP contribution in [0.1, 0.15) is 95.1 Å². The molecule has 2 aromatic rings. The minimum atomic E-state index is -1.39. The number of nitrogens with zero attached hydrogens (tertiary/aromatic N) is 4. The SMILES string of the molecule is C1CC2(CCN(C3CC3)C2)CN1.CCOC1(O[Si](C)(C)C)CC1.c1ccc(CN2CCC3(CCN(C4CC4)C3)C2)cc1.c1ccc(CN2CCC3(CCNC3)C2)cc1. The predicted molar refractivity (Wildman–Crippen MR) is 241 cm³/mol. The molecule has 3 spiro atoms. The Morgan fingerprint density at radius 3 is 1.47 bits per heavy atom. The number of likely N-dealkylation sites (tertiary alicyclic amines) is 4. The fraction of sp³-hybridized carbons (Fsp3) is 0.755. The lowest BCUT2D eigenvalue weighted by Crippen LogP contribution is -2.34. The third-order valence-electron chi connectivity index (χ3n) is 14.8. The molecule has 0 radical (unpaired) electrons. The van der Waals surface area contributed by atoms with Gasteiger partial charge in [-0.1, -0.05) is 60.7 Å². The van der Waals surface area contributed by atoms with Crippen LogP contribution in [0.3, 0.4) is 0 Å². The van der Waals surface area contributed by atoms with Crippen molar-refractivity contribution in [3.63, 3.8) is 0 Å². The summed E-state index contributed by atoms with van der Waals surface area (Å²) in [5.74, 6) is -0.154. The fourth-order valence-electron chi connectivity index (χ4n) is 11.3. The molecule has 6 aliphatic heterocycles. The maximum Gasteiger partial charge on any atom is 0.187 e. The molecule has 2 aromatic carbocycles. The molecular formula is C49H80N6O2Si. The first kappa shape index (κ1) is 43.0. The molecule has 0 bridgehead atoms. The minimum absolute atomic E-state index is 0.154. The number of hydrogen-bond acceptors (Lipinski definition) is 8. The van der Waals surface area contributed by atoms with Crippen molar-refractivity contribution in [2.45, 2.75) is 135 Å². The molecule has 0 aromatic heterocycles. The zero-order valence-corrected chi connectivity index (χ0v) is 38.1. The molecule has 2 N–H and O–H groups in total. The van der Waals surface area contributed by atoms with Gasteiger partial charge in [-0.05, 0) is 157 Å². The topological polar surface area (TPSA) is 55.5 Å². The Kier molecular flexibility index (Phi) is 13.9. The number of hydrogen-bond donors (Lipinski definition) is 2. The Labute approximate surface area is 354 Å². The lowest BCUT2D eigenvalue weighted by Gasteiger charge is -2.25. The van der Waals surface area contributed by atoms with E-state index in [0.29, 0.717) is 16.2 Å². The second-order valence-corrected chi connectivity index (χ2v) is 25.6. The first-order chi connectivity index (χ1) is 28.0. The molecular weight excluding hydrogens is 733 g/mol. The van der Waals surface area contributed by atoms with Crippen LogP contribution < -0.4 is 10.6 Å². The van der Waals surface area contributed by atoms with Crippen molar-refractivity contribution in [1.29, 1.82) is 0 Å². The Balaban J connectivity index is 0.000000111. The first-order valence-corrected chi connectivity index (χ1v) is 27.2. The zero-order valence-electron chi connectivity index (χ0n) is 37.1. The standard InChI is InChI=1S/C17H24N2.C14H20N2.C10H18N2.C8H18O2Si/c1-2-4-15(5-3-1)12-18-10-8-17(13-18)9-11-19(14-17)16-6-7-16;1-2-4-13(5-3-1)10-16-9-7-14(12-16)6-8-15-11-14;1-2-9(1)12-6-4-10(8-12)3-5-11-7-10;1-5-9-8(6-7-8)10-11(2,3)4/h1-5,16H,6-14H2;1-5,15H,6-12H2;9,11H,1-8H2;5-7H2,1-4H3. The molecule has 3 saturated carbocycles. The van der Waals surface area contributed by atoms with Crippen LogP contribution in [-0.2, 0) is 22.3 Å². The van der Waals surface area contributed by atoms with Crippen molar-refractivity contribution in [1.82, 2.24) is 30.2 Å². The smallest absolute Gasteiger partial charge is 0.187 e. The maximum atomic E-state index is 5.89. The van der Waals surface area contributed by atoms with E-state index in [2.05, 4.69) is 111 Å². The summed E-state index contributed by atoms with van der Waals surface area (Å²) in [5, 5.41) is 7.02. The summed E-state index contributed by atoms with van der Waals surface area (Å²) in [6, 6.07) is 23.7. The van der Waals surface area contributed by atoms with Crippen LogP contribution in [0.4, 0.5) is 0 Å². The number of benzene rings is 2. The Bertz CT molecular complexity index is 1550. The van der Waals surface area contributed by atoms with Crippen molar-refractivity contribution in [2.75, 3.05) is 85.1 Å². The fourth-order valence-corrected chi connectivity index (χ4v) is 12.6. The van der Waals surface area contributed by atoms with E-state index in [1.54, 1.807) is 0 Å². The van der Waals surface area contributed by atoms with Gasteiger partial charge in [0.05, 0.1) is 0 Å². The van der Waals surface area contributed by atoms with E-state index in [9.17, 15) is 0 Å². The highest BCUT2D eigenvalue weighted by Gasteiger charge is 2.49. The van der Waals surface area contributed by atoms with Crippen LogP contribution >= 0.6 is 0 Å². The lowest BCUT2D eigenvalue weighted by molar-refractivity contribution is -0.106. The van der Waals surface area contributed by atoms with Crippen LogP contribution in [0.5, 0.6) is 0 Å². The summed E-state index contributed by atoms with van der Waals surface area (Å²) in [6.45, 7) is 27.4. The summed E-state index contributed by atoms with van der Waals surface area (Å²) in [4.78, 5) is 10.8. The van der Waals surface area contributed by atoms with Gasteiger partial charge in [-0.25, -0.2) is 0 Å². The third-order valence-corrected chi connectivity index (χ3v) is 15.8. The first-order valence-electron chi connectivity index (χ1n) is 23.8. The number of ether oxygens (including phenoxy) is 1. The summed E-state index contributed by atoms with van der Waals surface area (Å²) < 4.78 is 11.4. The normalized spacial score (nSPS) is 32.0. The molecule has 3 aliphatic carbocycles. The molecule has 58 heavy (non-hydrogen) atoms. The Morgan fingerprint density at radius 1 is 0.569 bits per heavy atom. The minimum Gasteiger partial charge on any atom is -0.391 e. The van der Waals surface area contributed by atoms with Crippen LogP contribution in [0.25, 0.3) is 0 Å². The molecule has 8 nitrogen and oxygen atoms in total. The van der Waals surface area contributed by atoms with Crippen molar-refractivity contribution in [2.24, 2.45) is 16.2 Å². The van der Waals surface area contributed by atoms with E-state index in [-0.39, 0.29) is 5.79 Å². The largest absolute Gasteiger partial charge is 0.391 e. The molecule has 9 fully saturated rings. The van der Waals surface area contributed by atoms with Crippen molar-refractivity contribution in [3.8, 4) is 0 Å². The summed E-state index contributed by atoms with van der Waals surface area (Å²) >= 11 is 0. The van der Waals surface area contributed by atoms with E-state index < -0.39 is 8.32 Å². The Hall–Kier alpha value is -1.66. The summed E-state index contributed by atoms with van der Waals surface area (Å²) in [6.07, 6.45) is 16.5. The average molecular weight is 813 g/mol. The van der Waals surface area contributed by atoms with Crippen LogP contribution in [0, 0.1) is 16.2 Å². The van der Waals surface area contributed by atoms with Crippen molar-refractivity contribution in [3.05, 3.63) is 71.8 Å². The monoisotopic (exact) mass is 813 g/mol. The van der Waals surface area contributed by atoms with Gasteiger partial charge in [0.15, 0.2) is 14.1 Å². The second-order valence-electron chi connectivity index (χ2n) is 21.2. The van der Waals surface area contributed by atoms with Gasteiger partial charge in [0.2, 0.25) is 0 Å². The summed E-state index contributed by atoms with van der Waals surface area (Å²) in [7, 11) is -1.39. The third kappa shape index (κ3) is 12.0. The highest BCUT2D eigenvalue weighted by Crippen LogP contribution is 2.45. The van der Waals surface area contributed by atoms with Crippen LogP contribution in [0.2, 0.25) is 19.6 Å². The van der Waals surface area contributed by atoms with Gasteiger partial charge in [0.1, 0.15) is 0 Å². The van der Waals surface area contributed by atoms with E-state index >= 15 is 0 Å². The molecule has 322 valence electrons. The Morgan fingerprint density at radius 2 is 1.02 bits per heavy atom. The van der Waals surface area contributed by atoms with E-state index in [4.69, 9.17) is 9.16 Å². The number of rotatable bonds is 10. The molecule has 11 rings (SSSR count). The molecule has 3 atom stereocenters.